The lowest BCUT2D eigenvalue weighted by Gasteiger charge is -2.12. The highest BCUT2D eigenvalue weighted by Gasteiger charge is 2.14. The third kappa shape index (κ3) is 4.22. The molecule has 0 aliphatic heterocycles. The minimum atomic E-state index is -0.399. The number of halogens is 1. The van der Waals surface area contributed by atoms with Crippen LogP contribution < -0.4 is 10.1 Å². The fourth-order valence-corrected chi connectivity index (χ4v) is 2.92. The monoisotopic (exact) mass is 356 g/mol. The van der Waals surface area contributed by atoms with Crippen LogP contribution in [0, 0.1) is 19.7 Å². The summed E-state index contributed by atoms with van der Waals surface area (Å²) >= 11 is 1.55. The second-order valence-electron chi connectivity index (χ2n) is 5.56. The van der Waals surface area contributed by atoms with Crippen LogP contribution in [0.4, 0.5) is 10.1 Å². The van der Waals surface area contributed by atoms with Crippen molar-refractivity contribution in [2.24, 2.45) is 0 Å². The average molecular weight is 356 g/mol. The van der Waals surface area contributed by atoms with Crippen molar-refractivity contribution >= 4 is 22.9 Å². The Morgan fingerprint density at radius 3 is 2.80 bits per heavy atom. The van der Waals surface area contributed by atoms with Gasteiger partial charge < -0.3 is 10.1 Å². The molecule has 0 saturated carbocycles. The van der Waals surface area contributed by atoms with Crippen LogP contribution in [0.15, 0.2) is 47.8 Å². The molecule has 1 amide bonds. The number of hydrogen-bond acceptors (Lipinski definition) is 4. The highest BCUT2D eigenvalue weighted by atomic mass is 32.1. The normalized spacial score (nSPS) is 10.5. The van der Waals surface area contributed by atoms with Crippen molar-refractivity contribution in [3.05, 3.63) is 75.5 Å². The number of aryl methyl sites for hydroxylation is 2. The number of carbonyl (C=O) groups is 1. The van der Waals surface area contributed by atoms with Gasteiger partial charge in [0.15, 0.2) is 0 Å². The third-order valence-electron chi connectivity index (χ3n) is 3.62. The Morgan fingerprint density at radius 1 is 1.24 bits per heavy atom. The first kappa shape index (κ1) is 17.1. The van der Waals surface area contributed by atoms with E-state index in [0.717, 1.165) is 16.3 Å². The van der Waals surface area contributed by atoms with Crippen molar-refractivity contribution in [3.63, 3.8) is 0 Å². The molecule has 0 aliphatic carbocycles. The van der Waals surface area contributed by atoms with E-state index in [1.807, 2.05) is 19.2 Å². The molecule has 0 unspecified atom stereocenters. The van der Waals surface area contributed by atoms with Gasteiger partial charge in [0.2, 0.25) is 0 Å². The highest BCUT2D eigenvalue weighted by molar-refractivity contribution is 7.09. The van der Waals surface area contributed by atoms with E-state index >= 15 is 0 Å². The van der Waals surface area contributed by atoms with Crippen LogP contribution >= 0.6 is 11.3 Å². The molecule has 128 valence electrons. The fourth-order valence-electron chi connectivity index (χ4n) is 2.32. The minimum absolute atomic E-state index is 0.285. The summed E-state index contributed by atoms with van der Waals surface area (Å²) in [6, 6.07) is 11.2. The van der Waals surface area contributed by atoms with Gasteiger partial charge in [-0.1, -0.05) is 18.2 Å². The average Bonchev–Trinajstić information content (AvgIpc) is 3.02. The molecule has 3 aromatic rings. The number of rotatable bonds is 5. The Balaban J connectivity index is 1.77. The van der Waals surface area contributed by atoms with Gasteiger partial charge in [-0.25, -0.2) is 9.37 Å². The predicted molar refractivity (Wildman–Crippen MR) is 96.7 cm³/mol. The number of anilines is 1. The van der Waals surface area contributed by atoms with E-state index in [4.69, 9.17) is 4.74 Å². The molecule has 1 aromatic heterocycles. The summed E-state index contributed by atoms with van der Waals surface area (Å²) in [6.45, 7) is 4.02. The van der Waals surface area contributed by atoms with Crippen molar-refractivity contribution in [1.82, 2.24) is 4.98 Å². The highest BCUT2D eigenvalue weighted by Crippen LogP contribution is 2.23. The molecule has 2 aromatic carbocycles. The molecule has 1 N–H and O–H groups in total. The first-order valence-corrected chi connectivity index (χ1v) is 8.61. The molecule has 0 saturated heterocycles. The summed E-state index contributed by atoms with van der Waals surface area (Å²) in [6.07, 6.45) is 0. The fraction of sp³-hybridized carbons (Fsp3) is 0.158. The van der Waals surface area contributed by atoms with E-state index in [9.17, 15) is 9.18 Å². The zero-order valence-corrected chi connectivity index (χ0v) is 14.7. The molecule has 0 atom stereocenters. The van der Waals surface area contributed by atoms with Crippen LogP contribution in [-0.2, 0) is 6.61 Å². The molecule has 0 aliphatic rings. The van der Waals surface area contributed by atoms with Crippen molar-refractivity contribution in [1.29, 1.82) is 0 Å². The number of para-hydroxylation sites is 1. The maximum atomic E-state index is 13.4. The molecule has 0 bridgehead atoms. The number of benzene rings is 2. The maximum absolute atomic E-state index is 13.4. The van der Waals surface area contributed by atoms with Crippen molar-refractivity contribution in [3.8, 4) is 5.75 Å². The van der Waals surface area contributed by atoms with E-state index in [2.05, 4.69) is 10.3 Å². The van der Waals surface area contributed by atoms with Gasteiger partial charge >= 0.3 is 0 Å². The van der Waals surface area contributed by atoms with Gasteiger partial charge in [0.1, 0.15) is 18.2 Å². The zero-order valence-electron chi connectivity index (χ0n) is 13.9. The van der Waals surface area contributed by atoms with Gasteiger partial charge in [0.25, 0.3) is 5.91 Å². The van der Waals surface area contributed by atoms with Gasteiger partial charge in [-0.15, -0.1) is 11.3 Å². The van der Waals surface area contributed by atoms with Crippen LogP contribution in [0.2, 0.25) is 0 Å². The maximum Gasteiger partial charge on any atom is 0.259 e. The van der Waals surface area contributed by atoms with Gasteiger partial charge in [0, 0.05) is 11.1 Å². The molecular weight excluding hydrogens is 339 g/mol. The second-order valence-corrected chi connectivity index (χ2v) is 6.62. The molecule has 0 spiro atoms. The van der Waals surface area contributed by atoms with Gasteiger partial charge in [-0.05, 0) is 43.7 Å². The first-order chi connectivity index (χ1) is 12.0. The predicted octanol–water partition coefficient (Wildman–Crippen LogP) is 4.73. The lowest BCUT2D eigenvalue weighted by atomic mass is 10.1. The van der Waals surface area contributed by atoms with Crippen molar-refractivity contribution in [2.75, 3.05) is 5.32 Å². The molecule has 0 fully saturated rings. The number of thiazole rings is 1. The van der Waals surface area contributed by atoms with Crippen LogP contribution in [0.3, 0.4) is 0 Å². The Labute approximate surface area is 149 Å². The van der Waals surface area contributed by atoms with E-state index in [-0.39, 0.29) is 12.5 Å². The number of aromatic nitrogens is 1. The van der Waals surface area contributed by atoms with E-state index < -0.39 is 5.82 Å². The quantitative estimate of drug-likeness (QED) is 0.719. The lowest BCUT2D eigenvalue weighted by molar-refractivity contribution is 0.102. The molecule has 4 nitrogen and oxygen atoms in total. The Kier molecular flexibility index (Phi) is 5.09. The van der Waals surface area contributed by atoms with Crippen LogP contribution in [-0.4, -0.2) is 10.9 Å². The smallest absolute Gasteiger partial charge is 0.259 e. The lowest BCUT2D eigenvalue weighted by Crippen LogP contribution is -2.14. The van der Waals surface area contributed by atoms with Gasteiger partial charge in [0.05, 0.1) is 16.3 Å². The first-order valence-electron chi connectivity index (χ1n) is 7.73. The number of amides is 1. The van der Waals surface area contributed by atoms with Gasteiger partial charge in [-0.3, -0.25) is 4.79 Å². The largest absolute Gasteiger partial charge is 0.486 e. The van der Waals surface area contributed by atoms with Crippen LogP contribution in [0.5, 0.6) is 5.75 Å². The Morgan fingerprint density at radius 2 is 2.04 bits per heavy atom. The second kappa shape index (κ2) is 7.44. The van der Waals surface area contributed by atoms with Crippen LogP contribution in [0.1, 0.15) is 26.6 Å². The number of nitrogens with zero attached hydrogens (tertiary/aromatic N) is 1. The van der Waals surface area contributed by atoms with Crippen molar-refractivity contribution < 1.29 is 13.9 Å². The summed E-state index contributed by atoms with van der Waals surface area (Å²) < 4.78 is 19.2. The van der Waals surface area contributed by atoms with Crippen LogP contribution in [0.25, 0.3) is 0 Å². The molecule has 25 heavy (non-hydrogen) atoms. The van der Waals surface area contributed by atoms with Gasteiger partial charge in [-0.2, -0.15) is 0 Å². The molecule has 6 heteroatoms. The molecule has 3 rings (SSSR count). The summed E-state index contributed by atoms with van der Waals surface area (Å²) in [5.74, 6) is -0.289. The number of carbonyl (C=O) groups excluding carboxylic acids is 1. The van der Waals surface area contributed by atoms with E-state index in [0.29, 0.717) is 17.0 Å². The summed E-state index contributed by atoms with van der Waals surface area (Å²) in [5, 5.41) is 5.63. The molecule has 0 radical (unpaired) electrons. The van der Waals surface area contributed by atoms with E-state index in [1.54, 1.807) is 41.7 Å². The Hall–Kier alpha value is -2.73. The Bertz CT molecular complexity index is 908. The summed E-state index contributed by atoms with van der Waals surface area (Å²) in [7, 11) is 0. The third-order valence-corrected chi connectivity index (χ3v) is 4.44. The minimum Gasteiger partial charge on any atom is -0.486 e. The molecular formula is C19H17FN2O2S. The van der Waals surface area contributed by atoms with E-state index in [1.165, 1.54) is 12.1 Å². The number of hydrogen-bond donors (Lipinski definition) is 1. The topological polar surface area (TPSA) is 51.2 Å². The summed E-state index contributed by atoms with van der Waals surface area (Å²) in [4.78, 5) is 16.9. The summed E-state index contributed by atoms with van der Waals surface area (Å²) in [5.41, 5.74) is 2.43. The SMILES string of the molecule is Cc1nc(COc2ccccc2C(=O)Nc2cc(F)ccc2C)cs1. The number of ether oxygens (including phenoxy) is 1. The zero-order chi connectivity index (χ0) is 17.8. The van der Waals surface area contributed by atoms with Crippen molar-refractivity contribution in [2.45, 2.75) is 20.5 Å². The standard InChI is InChI=1S/C19H17FN2O2S/c1-12-7-8-14(20)9-17(12)22-19(23)16-5-3-4-6-18(16)24-10-15-11-25-13(2)21-15/h3-9,11H,10H2,1-2H3,(H,22,23). The number of nitrogens with one attached hydrogen (secondary N) is 1. The molecule has 1 heterocycles.